The van der Waals surface area contributed by atoms with Gasteiger partial charge in [0.25, 0.3) is 0 Å². The Labute approximate surface area is 101 Å². The summed E-state index contributed by atoms with van der Waals surface area (Å²) in [6.07, 6.45) is 4.19. The fourth-order valence-electron chi connectivity index (χ4n) is 1.74. The molecule has 0 spiro atoms. The van der Waals surface area contributed by atoms with Crippen molar-refractivity contribution >= 4 is 21.7 Å². The number of hydrogen-bond donors (Lipinski definition) is 0. The first-order chi connectivity index (χ1) is 7.10. The van der Waals surface area contributed by atoms with Gasteiger partial charge in [0.15, 0.2) is 0 Å². The van der Waals surface area contributed by atoms with Crippen LogP contribution in [-0.2, 0) is 0 Å². The lowest BCUT2D eigenvalue weighted by Crippen LogP contribution is -2.31. The fourth-order valence-corrected chi connectivity index (χ4v) is 1.96. The number of aromatic nitrogens is 1. The van der Waals surface area contributed by atoms with E-state index in [0.717, 1.165) is 23.1 Å². The molecule has 0 saturated carbocycles. The Morgan fingerprint density at radius 1 is 1.40 bits per heavy atom. The Bertz CT molecular complexity index is 321. The summed E-state index contributed by atoms with van der Waals surface area (Å²) in [6.45, 7) is 6.53. The van der Waals surface area contributed by atoms with Crippen LogP contribution in [0.5, 0.6) is 0 Å². The van der Waals surface area contributed by atoms with E-state index < -0.39 is 0 Å². The van der Waals surface area contributed by atoms with E-state index in [1.165, 1.54) is 5.56 Å². The third kappa shape index (κ3) is 2.94. The van der Waals surface area contributed by atoms with Gasteiger partial charge in [-0.05, 0) is 47.3 Å². The molecule has 0 unspecified atom stereocenters. The molecule has 0 aliphatic rings. The number of aryl methyl sites for hydroxylation is 1. The van der Waals surface area contributed by atoms with Crippen molar-refractivity contribution in [1.29, 1.82) is 0 Å². The molecule has 1 rings (SSSR count). The lowest BCUT2D eigenvalue weighted by molar-refractivity contribution is 0.586. The molecule has 84 valence electrons. The molecule has 1 aromatic rings. The monoisotopic (exact) mass is 270 g/mol. The fraction of sp³-hybridized carbons (Fsp3) is 0.583. The highest BCUT2D eigenvalue weighted by molar-refractivity contribution is 9.10. The second-order valence-electron chi connectivity index (χ2n) is 3.87. The first kappa shape index (κ1) is 12.5. The zero-order valence-electron chi connectivity index (χ0n) is 9.92. The first-order valence-corrected chi connectivity index (χ1v) is 6.24. The maximum atomic E-state index is 4.43. The molecule has 0 N–H and O–H groups in total. The van der Waals surface area contributed by atoms with Crippen molar-refractivity contribution < 1.29 is 0 Å². The summed E-state index contributed by atoms with van der Waals surface area (Å²) in [6, 6.07) is 2.71. The molecule has 0 aliphatic heterocycles. The van der Waals surface area contributed by atoms with Crippen molar-refractivity contribution in [2.45, 2.75) is 39.7 Å². The number of halogens is 1. The van der Waals surface area contributed by atoms with Gasteiger partial charge >= 0.3 is 0 Å². The van der Waals surface area contributed by atoms with Crippen molar-refractivity contribution in [2.75, 3.05) is 11.9 Å². The van der Waals surface area contributed by atoms with E-state index in [0.29, 0.717) is 6.04 Å². The van der Waals surface area contributed by atoms with Gasteiger partial charge in [-0.1, -0.05) is 13.8 Å². The highest BCUT2D eigenvalue weighted by atomic mass is 79.9. The van der Waals surface area contributed by atoms with Crippen LogP contribution in [0.15, 0.2) is 16.7 Å². The maximum Gasteiger partial charge on any atom is 0.128 e. The van der Waals surface area contributed by atoms with Crippen LogP contribution in [0.1, 0.15) is 32.3 Å². The quantitative estimate of drug-likeness (QED) is 0.828. The second-order valence-corrected chi connectivity index (χ2v) is 4.73. The Balaban J connectivity index is 2.90. The maximum absolute atomic E-state index is 4.43. The summed E-state index contributed by atoms with van der Waals surface area (Å²) in [5, 5.41) is 0. The van der Waals surface area contributed by atoms with Crippen LogP contribution in [-0.4, -0.2) is 18.1 Å². The standard InChI is InChI=1S/C12H19BrN2/c1-5-10(6-2)15(4)12-7-9(3)11(13)8-14-12/h7-8,10H,5-6H2,1-4H3. The Kier molecular flexibility index (Phi) is 4.58. The molecular weight excluding hydrogens is 252 g/mol. The van der Waals surface area contributed by atoms with Gasteiger partial charge in [0.2, 0.25) is 0 Å². The van der Waals surface area contributed by atoms with E-state index in [1.54, 1.807) is 0 Å². The summed E-state index contributed by atoms with van der Waals surface area (Å²) < 4.78 is 1.07. The first-order valence-electron chi connectivity index (χ1n) is 5.45. The van der Waals surface area contributed by atoms with Crippen LogP contribution in [0.25, 0.3) is 0 Å². The van der Waals surface area contributed by atoms with E-state index in [-0.39, 0.29) is 0 Å². The molecule has 0 saturated heterocycles. The normalized spacial score (nSPS) is 10.8. The molecule has 1 heterocycles. The predicted molar refractivity (Wildman–Crippen MR) is 69.4 cm³/mol. The number of hydrogen-bond acceptors (Lipinski definition) is 2. The van der Waals surface area contributed by atoms with Gasteiger partial charge in [0.1, 0.15) is 5.82 Å². The molecule has 0 radical (unpaired) electrons. The highest BCUT2D eigenvalue weighted by Crippen LogP contribution is 2.21. The highest BCUT2D eigenvalue weighted by Gasteiger charge is 2.12. The SMILES string of the molecule is CCC(CC)N(C)c1cc(C)c(Br)cn1. The Morgan fingerprint density at radius 2 is 2.00 bits per heavy atom. The Morgan fingerprint density at radius 3 is 2.47 bits per heavy atom. The van der Waals surface area contributed by atoms with Gasteiger partial charge < -0.3 is 4.90 Å². The van der Waals surface area contributed by atoms with Crippen LogP contribution in [0.4, 0.5) is 5.82 Å². The van der Waals surface area contributed by atoms with Crippen LogP contribution in [0.2, 0.25) is 0 Å². The minimum absolute atomic E-state index is 0.582. The van der Waals surface area contributed by atoms with E-state index in [9.17, 15) is 0 Å². The Hall–Kier alpha value is -0.570. The van der Waals surface area contributed by atoms with Gasteiger partial charge in [-0.2, -0.15) is 0 Å². The zero-order chi connectivity index (χ0) is 11.4. The smallest absolute Gasteiger partial charge is 0.128 e. The molecule has 1 aromatic heterocycles. The lowest BCUT2D eigenvalue weighted by Gasteiger charge is -2.27. The van der Waals surface area contributed by atoms with Crippen LogP contribution >= 0.6 is 15.9 Å². The molecule has 0 fully saturated rings. The van der Waals surface area contributed by atoms with E-state index in [2.05, 4.69) is 59.7 Å². The summed E-state index contributed by atoms with van der Waals surface area (Å²) in [4.78, 5) is 6.70. The second kappa shape index (κ2) is 5.50. The summed E-state index contributed by atoms with van der Waals surface area (Å²) in [7, 11) is 2.12. The number of anilines is 1. The largest absolute Gasteiger partial charge is 0.357 e. The summed E-state index contributed by atoms with van der Waals surface area (Å²) in [5.74, 6) is 1.06. The molecule has 3 heteroatoms. The number of rotatable bonds is 4. The molecule has 0 aliphatic carbocycles. The minimum atomic E-state index is 0.582. The lowest BCUT2D eigenvalue weighted by atomic mass is 10.1. The summed E-state index contributed by atoms with van der Waals surface area (Å²) >= 11 is 3.47. The van der Waals surface area contributed by atoms with E-state index in [4.69, 9.17) is 0 Å². The predicted octanol–water partition coefficient (Wildman–Crippen LogP) is 3.78. The molecule has 2 nitrogen and oxygen atoms in total. The molecule has 0 aromatic carbocycles. The third-order valence-electron chi connectivity index (χ3n) is 2.88. The van der Waals surface area contributed by atoms with Crippen LogP contribution in [0, 0.1) is 6.92 Å². The van der Waals surface area contributed by atoms with E-state index in [1.807, 2.05) is 6.20 Å². The van der Waals surface area contributed by atoms with E-state index >= 15 is 0 Å². The number of nitrogens with zero attached hydrogens (tertiary/aromatic N) is 2. The van der Waals surface area contributed by atoms with Crippen molar-refractivity contribution in [2.24, 2.45) is 0 Å². The molecule has 0 bridgehead atoms. The van der Waals surface area contributed by atoms with Crippen molar-refractivity contribution in [3.63, 3.8) is 0 Å². The topological polar surface area (TPSA) is 16.1 Å². The minimum Gasteiger partial charge on any atom is -0.357 e. The number of pyridine rings is 1. The van der Waals surface area contributed by atoms with Crippen LogP contribution in [0.3, 0.4) is 0 Å². The zero-order valence-corrected chi connectivity index (χ0v) is 11.5. The van der Waals surface area contributed by atoms with Gasteiger partial charge in [0, 0.05) is 23.8 Å². The average molecular weight is 271 g/mol. The van der Waals surface area contributed by atoms with Gasteiger partial charge in [-0.3, -0.25) is 0 Å². The third-order valence-corrected chi connectivity index (χ3v) is 3.71. The molecular formula is C12H19BrN2. The van der Waals surface area contributed by atoms with Gasteiger partial charge in [0.05, 0.1) is 0 Å². The van der Waals surface area contributed by atoms with Gasteiger partial charge in [-0.25, -0.2) is 4.98 Å². The van der Waals surface area contributed by atoms with Gasteiger partial charge in [-0.15, -0.1) is 0 Å². The molecule has 0 atom stereocenters. The summed E-state index contributed by atoms with van der Waals surface area (Å²) in [5.41, 5.74) is 1.23. The molecule has 15 heavy (non-hydrogen) atoms. The van der Waals surface area contributed by atoms with Crippen LogP contribution < -0.4 is 4.90 Å². The van der Waals surface area contributed by atoms with Crippen molar-refractivity contribution in [3.8, 4) is 0 Å². The molecule has 0 amide bonds. The average Bonchev–Trinajstić information content (AvgIpc) is 2.23. The van der Waals surface area contributed by atoms with Crippen molar-refractivity contribution in [1.82, 2.24) is 4.98 Å². The van der Waals surface area contributed by atoms with Crippen molar-refractivity contribution in [3.05, 3.63) is 22.3 Å².